The van der Waals surface area contributed by atoms with E-state index >= 15 is 0 Å². The lowest BCUT2D eigenvalue weighted by Gasteiger charge is -2.11. The average molecular weight is 206 g/mol. The number of carbonyl (C=O) groups is 2. The molecule has 0 aliphatic rings. The van der Waals surface area contributed by atoms with Gasteiger partial charge in [0.1, 0.15) is 0 Å². The van der Waals surface area contributed by atoms with E-state index in [1.54, 1.807) is 0 Å². The minimum absolute atomic E-state index is 0.0913. The van der Waals surface area contributed by atoms with Gasteiger partial charge in [-0.1, -0.05) is 18.7 Å². The van der Waals surface area contributed by atoms with E-state index in [1.165, 1.54) is 6.92 Å². The van der Waals surface area contributed by atoms with Gasteiger partial charge in [0, 0.05) is 19.3 Å². The molecule has 0 aliphatic heterocycles. The van der Waals surface area contributed by atoms with E-state index in [0.717, 1.165) is 18.2 Å². The highest BCUT2D eigenvalue weighted by Gasteiger charge is 2.18. The number of carboxylic acids is 1. The predicted octanol–water partition coefficient (Wildman–Crippen LogP) is 1.15. The molecule has 0 saturated carbocycles. The van der Waals surface area contributed by atoms with Gasteiger partial charge >= 0.3 is 5.97 Å². The van der Waals surface area contributed by atoms with Crippen LogP contribution in [0.25, 0.3) is 0 Å². The molecule has 1 atom stereocenters. The van der Waals surface area contributed by atoms with Crippen LogP contribution in [-0.2, 0) is 14.3 Å². The SMILES string of the molecule is CCCO[C@@H](CSC(C)=O)C(=O)O. The molecule has 4 nitrogen and oxygen atoms in total. The molecule has 0 aromatic carbocycles. The molecule has 0 amide bonds. The van der Waals surface area contributed by atoms with Gasteiger partial charge in [-0.05, 0) is 6.42 Å². The Morgan fingerprint density at radius 2 is 2.15 bits per heavy atom. The van der Waals surface area contributed by atoms with Crippen molar-refractivity contribution in [3.8, 4) is 0 Å². The maximum absolute atomic E-state index is 10.6. The third-order valence-electron chi connectivity index (χ3n) is 1.24. The smallest absolute Gasteiger partial charge is 0.333 e. The van der Waals surface area contributed by atoms with E-state index in [4.69, 9.17) is 9.84 Å². The van der Waals surface area contributed by atoms with E-state index < -0.39 is 12.1 Å². The number of thioether (sulfide) groups is 1. The minimum atomic E-state index is -1.01. The second-order valence-corrected chi connectivity index (χ2v) is 3.70. The first-order valence-electron chi connectivity index (χ1n) is 4.05. The second-order valence-electron chi connectivity index (χ2n) is 2.50. The van der Waals surface area contributed by atoms with Crippen molar-refractivity contribution < 1.29 is 19.4 Å². The molecular formula is C8H14O4S. The Morgan fingerprint density at radius 1 is 1.54 bits per heavy atom. The van der Waals surface area contributed by atoms with Crippen LogP contribution < -0.4 is 0 Å². The molecule has 0 radical (unpaired) electrons. The highest BCUT2D eigenvalue weighted by molar-refractivity contribution is 8.13. The van der Waals surface area contributed by atoms with Gasteiger partial charge in [0.2, 0.25) is 0 Å². The van der Waals surface area contributed by atoms with Crippen LogP contribution in [0.1, 0.15) is 20.3 Å². The molecule has 0 saturated heterocycles. The van der Waals surface area contributed by atoms with Crippen LogP contribution in [0.2, 0.25) is 0 Å². The Bertz CT molecular complexity index is 181. The molecule has 0 fully saturated rings. The standard InChI is InChI=1S/C8H14O4S/c1-3-4-12-7(8(10)11)5-13-6(2)9/h7H,3-5H2,1-2H3,(H,10,11)/t7-/m0/s1. The number of carboxylic acid groups (broad SMARTS) is 1. The van der Waals surface area contributed by atoms with Gasteiger partial charge < -0.3 is 9.84 Å². The van der Waals surface area contributed by atoms with Crippen molar-refractivity contribution >= 4 is 22.8 Å². The molecule has 0 unspecified atom stereocenters. The highest BCUT2D eigenvalue weighted by Crippen LogP contribution is 2.07. The van der Waals surface area contributed by atoms with Crippen LogP contribution >= 0.6 is 11.8 Å². The number of hydrogen-bond donors (Lipinski definition) is 1. The molecule has 76 valence electrons. The minimum Gasteiger partial charge on any atom is -0.479 e. The number of rotatable bonds is 6. The van der Waals surface area contributed by atoms with E-state index in [-0.39, 0.29) is 10.9 Å². The van der Waals surface area contributed by atoms with Gasteiger partial charge in [0.25, 0.3) is 0 Å². The van der Waals surface area contributed by atoms with Gasteiger partial charge in [0.05, 0.1) is 0 Å². The quantitative estimate of drug-likeness (QED) is 0.706. The number of aliphatic carboxylic acids is 1. The second kappa shape index (κ2) is 6.91. The van der Waals surface area contributed by atoms with Gasteiger partial charge in [0.15, 0.2) is 11.2 Å². The summed E-state index contributed by atoms with van der Waals surface area (Å²) < 4.78 is 5.03. The number of ether oxygens (including phenoxy) is 1. The summed E-state index contributed by atoms with van der Waals surface area (Å²) in [4.78, 5) is 21.1. The van der Waals surface area contributed by atoms with Gasteiger partial charge in [-0.2, -0.15) is 0 Å². The van der Waals surface area contributed by atoms with Crippen LogP contribution in [0.5, 0.6) is 0 Å². The first-order chi connectivity index (χ1) is 6.07. The van der Waals surface area contributed by atoms with E-state index in [0.29, 0.717) is 6.61 Å². The predicted molar refractivity (Wildman–Crippen MR) is 50.8 cm³/mol. The maximum atomic E-state index is 10.6. The molecule has 5 heteroatoms. The van der Waals surface area contributed by atoms with Crippen molar-refractivity contribution in [3.63, 3.8) is 0 Å². The molecule has 1 N–H and O–H groups in total. The summed E-state index contributed by atoms with van der Waals surface area (Å²) in [6.07, 6.45) is -0.0945. The first kappa shape index (κ1) is 12.4. The first-order valence-corrected chi connectivity index (χ1v) is 5.04. The summed E-state index contributed by atoms with van der Waals surface area (Å²) in [5, 5.41) is 8.57. The summed E-state index contributed by atoms with van der Waals surface area (Å²) in [5.41, 5.74) is 0. The van der Waals surface area contributed by atoms with Crippen molar-refractivity contribution in [2.75, 3.05) is 12.4 Å². The Morgan fingerprint density at radius 3 is 2.54 bits per heavy atom. The molecule has 0 bridgehead atoms. The lowest BCUT2D eigenvalue weighted by atomic mass is 10.4. The molecule has 0 heterocycles. The molecule has 0 aromatic heterocycles. The third kappa shape index (κ3) is 6.60. The zero-order valence-electron chi connectivity index (χ0n) is 7.78. The molecular weight excluding hydrogens is 192 g/mol. The lowest BCUT2D eigenvalue weighted by Crippen LogP contribution is -2.27. The van der Waals surface area contributed by atoms with Crippen LogP contribution in [0.15, 0.2) is 0 Å². The van der Waals surface area contributed by atoms with Gasteiger partial charge in [-0.3, -0.25) is 4.79 Å². The maximum Gasteiger partial charge on any atom is 0.333 e. The van der Waals surface area contributed by atoms with Crippen molar-refractivity contribution in [3.05, 3.63) is 0 Å². The molecule has 0 aliphatic carbocycles. The monoisotopic (exact) mass is 206 g/mol. The highest BCUT2D eigenvalue weighted by atomic mass is 32.2. The van der Waals surface area contributed by atoms with E-state index in [2.05, 4.69) is 0 Å². The summed E-state index contributed by atoms with van der Waals surface area (Å²) >= 11 is 0.973. The Hall–Kier alpha value is -0.550. The fourth-order valence-corrected chi connectivity index (χ4v) is 1.27. The molecule has 0 rings (SSSR count). The Kier molecular flexibility index (Phi) is 6.62. The van der Waals surface area contributed by atoms with Crippen LogP contribution in [0.4, 0.5) is 0 Å². The topological polar surface area (TPSA) is 63.6 Å². The van der Waals surface area contributed by atoms with Gasteiger partial charge in [-0.15, -0.1) is 0 Å². The van der Waals surface area contributed by atoms with Gasteiger partial charge in [-0.25, -0.2) is 4.79 Å². The summed E-state index contributed by atoms with van der Waals surface area (Å²) in [6.45, 7) is 3.72. The van der Waals surface area contributed by atoms with Crippen molar-refractivity contribution in [1.29, 1.82) is 0 Å². The summed E-state index contributed by atoms with van der Waals surface area (Å²) in [7, 11) is 0. The largest absolute Gasteiger partial charge is 0.479 e. The van der Waals surface area contributed by atoms with Crippen molar-refractivity contribution in [1.82, 2.24) is 0 Å². The summed E-state index contributed by atoms with van der Waals surface area (Å²) in [6, 6.07) is 0. The number of hydrogen-bond acceptors (Lipinski definition) is 4. The fraction of sp³-hybridized carbons (Fsp3) is 0.750. The molecule has 0 spiro atoms. The van der Waals surface area contributed by atoms with Crippen molar-refractivity contribution in [2.45, 2.75) is 26.4 Å². The third-order valence-corrected chi connectivity index (χ3v) is 2.11. The normalized spacial score (nSPS) is 12.5. The van der Waals surface area contributed by atoms with E-state index in [9.17, 15) is 9.59 Å². The Balaban J connectivity index is 3.80. The van der Waals surface area contributed by atoms with Crippen LogP contribution in [0.3, 0.4) is 0 Å². The molecule has 0 aromatic rings. The zero-order chi connectivity index (χ0) is 10.3. The lowest BCUT2D eigenvalue weighted by molar-refractivity contribution is -0.148. The zero-order valence-corrected chi connectivity index (χ0v) is 8.60. The fourth-order valence-electron chi connectivity index (χ4n) is 0.644. The average Bonchev–Trinajstić information content (AvgIpc) is 2.03. The number of carbonyl (C=O) groups excluding carboxylic acids is 1. The van der Waals surface area contributed by atoms with E-state index in [1.807, 2.05) is 6.92 Å². The summed E-state index contributed by atoms with van der Waals surface area (Å²) in [5.74, 6) is -0.827. The van der Waals surface area contributed by atoms with Crippen molar-refractivity contribution in [2.24, 2.45) is 0 Å². The molecule has 13 heavy (non-hydrogen) atoms. The van der Waals surface area contributed by atoms with Crippen LogP contribution in [-0.4, -0.2) is 34.7 Å². The van der Waals surface area contributed by atoms with Crippen LogP contribution in [0, 0.1) is 0 Å². The Labute approximate surface area is 81.6 Å².